The van der Waals surface area contributed by atoms with Crippen molar-refractivity contribution < 1.29 is 0 Å². The molecule has 2 aromatic rings. The highest BCUT2D eigenvalue weighted by molar-refractivity contribution is 5.35. The Bertz CT molecular complexity index is 490. The zero-order valence-electron chi connectivity index (χ0n) is 10.7. The summed E-state index contributed by atoms with van der Waals surface area (Å²) in [6.45, 7) is 4.24. The van der Waals surface area contributed by atoms with Crippen molar-refractivity contribution in [1.82, 2.24) is 15.4 Å². The van der Waals surface area contributed by atoms with Crippen molar-refractivity contribution >= 4 is 0 Å². The molecule has 0 radical (unpaired) electrons. The molecule has 3 N–H and O–H groups in total. The smallest absolute Gasteiger partial charge is 0.115 e. The molecule has 0 spiro atoms. The van der Waals surface area contributed by atoms with Gasteiger partial charge in [0.1, 0.15) is 6.33 Å². The topological polar surface area (TPSA) is 63.8 Å². The monoisotopic (exact) mass is 242 g/mol. The van der Waals surface area contributed by atoms with E-state index < -0.39 is 0 Å². The zero-order chi connectivity index (χ0) is 13.0. The molecule has 0 amide bonds. The summed E-state index contributed by atoms with van der Waals surface area (Å²) in [6, 6.07) is 6.35. The van der Waals surface area contributed by atoms with Gasteiger partial charge in [-0.2, -0.15) is 0 Å². The molecule has 0 aliphatic carbocycles. The van der Waals surface area contributed by atoms with Crippen molar-refractivity contribution in [2.75, 3.05) is 0 Å². The Balaban J connectivity index is 2.26. The van der Waals surface area contributed by atoms with Gasteiger partial charge in [0.25, 0.3) is 0 Å². The van der Waals surface area contributed by atoms with E-state index in [1.54, 1.807) is 12.4 Å². The summed E-state index contributed by atoms with van der Waals surface area (Å²) in [4.78, 5) is 8.07. The lowest BCUT2D eigenvalue weighted by Gasteiger charge is -2.18. The van der Waals surface area contributed by atoms with Crippen LogP contribution in [-0.2, 0) is 6.42 Å². The van der Waals surface area contributed by atoms with Gasteiger partial charge in [-0.25, -0.2) is 9.97 Å². The average molecular weight is 242 g/mol. The van der Waals surface area contributed by atoms with Gasteiger partial charge in [-0.05, 0) is 37.0 Å². The van der Waals surface area contributed by atoms with Gasteiger partial charge < -0.3 is 0 Å². The van der Waals surface area contributed by atoms with E-state index in [0.717, 1.165) is 12.0 Å². The standard InChI is InChI=1S/C14H18N4/c1-10-4-3-5-11(2)13(10)6-14(18-15)12-7-16-9-17-8-12/h3-5,7-9,14,18H,6,15H2,1-2H3. The van der Waals surface area contributed by atoms with E-state index in [9.17, 15) is 0 Å². The molecule has 0 aliphatic heterocycles. The maximum absolute atomic E-state index is 5.65. The lowest BCUT2D eigenvalue weighted by atomic mass is 9.94. The summed E-state index contributed by atoms with van der Waals surface area (Å²) >= 11 is 0. The lowest BCUT2D eigenvalue weighted by Crippen LogP contribution is -2.30. The SMILES string of the molecule is Cc1cccc(C)c1CC(NN)c1cncnc1. The predicted octanol–water partition coefficient (Wildman–Crippen LogP) is 1.84. The van der Waals surface area contributed by atoms with Gasteiger partial charge in [0.15, 0.2) is 0 Å². The number of nitrogens with two attached hydrogens (primary N) is 1. The quantitative estimate of drug-likeness (QED) is 0.634. The fraction of sp³-hybridized carbons (Fsp3) is 0.286. The number of nitrogens with one attached hydrogen (secondary N) is 1. The zero-order valence-corrected chi connectivity index (χ0v) is 10.7. The van der Waals surface area contributed by atoms with Crippen LogP contribution in [-0.4, -0.2) is 9.97 Å². The van der Waals surface area contributed by atoms with E-state index in [0.29, 0.717) is 0 Å². The van der Waals surface area contributed by atoms with E-state index >= 15 is 0 Å². The average Bonchev–Trinajstić information content (AvgIpc) is 2.40. The maximum atomic E-state index is 5.65. The normalized spacial score (nSPS) is 12.4. The van der Waals surface area contributed by atoms with Crippen LogP contribution in [0.4, 0.5) is 0 Å². The van der Waals surface area contributed by atoms with Gasteiger partial charge in [0, 0.05) is 18.0 Å². The highest BCUT2D eigenvalue weighted by Gasteiger charge is 2.13. The van der Waals surface area contributed by atoms with Crippen molar-refractivity contribution in [3.63, 3.8) is 0 Å². The second-order valence-corrected chi connectivity index (χ2v) is 4.47. The van der Waals surface area contributed by atoms with Gasteiger partial charge in [0.05, 0.1) is 6.04 Å². The van der Waals surface area contributed by atoms with Gasteiger partial charge in [0.2, 0.25) is 0 Å². The summed E-state index contributed by atoms with van der Waals surface area (Å²) < 4.78 is 0. The third-order valence-corrected chi connectivity index (χ3v) is 3.24. The van der Waals surface area contributed by atoms with Gasteiger partial charge in [-0.3, -0.25) is 11.3 Å². The molecule has 94 valence electrons. The van der Waals surface area contributed by atoms with Crippen LogP contribution in [0.2, 0.25) is 0 Å². The third-order valence-electron chi connectivity index (χ3n) is 3.24. The van der Waals surface area contributed by atoms with Crippen LogP contribution in [0, 0.1) is 13.8 Å². The van der Waals surface area contributed by atoms with Crippen LogP contribution >= 0.6 is 0 Å². The number of nitrogens with zero attached hydrogens (tertiary/aromatic N) is 2. The first-order valence-corrected chi connectivity index (χ1v) is 5.98. The van der Waals surface area contributed by atoms with Crippen molar-refractivity contribution in [2.45, 2.75) is 26.3 Å². The number of rotatable bonds is 4. The summed E-state index contributed by atoms with van der Waals surface area (Å²) in [5.74, 6) is 5.65. The summed E-state index contributed by atoms with van der Waals surface area (Å²) in [6.07, 6.45) is 5.95. The van der Waals surface area contributed by atoms with Gasteiger partial charge >= 0.3 is 0 Å². The van der Waals surface area contributed by atoms with Crippen molar-refractivity contribution in [2.24, 2.45) is 5.84 Å². The molecular formula is C14H18N4. The molecule has 1 aromatic carbocycles. The second kappa shape index (κ2) is 5.71. The van der Waals surface area contributed by atoms with Crippen LogP contribution < -0.4 is 11.3 Å². The van der Waals surface area contributed by atoms with Crippen molar-refractivity contribution in [3.05, 3.63) is 59.2 Å². The minimum absolute atomic E-state index is 0.0333. The Labute approximate surface area is 107 Å². The molecule has 4 heteroatoms. The molecule has 0 bridgehead atoms. The molecule has 0 aliphatic rings. The maximum Gasteiger partial charge on any atom is 0.115 e. The predicted molar refractivity (Wildman–Crippen MR) is 71.7 cm³/mol. The number of hydrogen-bond donors (Lipinski definition) is 2. The van der Waals surface area contributed by atoms with E-state index in [2.05, 4.69) is 47.4 Å². The molecule has 0 saturated carbocycles. The second-order valence-electron chi connectivity index (χ2n) is 4.47. The molecule has 0 fully saturated rings. The minimum Gasteiger partial charge on any atom is -0.271 e. The van der Waals surface area contributed by atoms with E-state index in [1.165, 1.54) is 23.0 Å². The first-order valence-electron chi connectivity index (χ1n) is 5.98. The molecule has 2 rings (SSSR count). The Morgan fingerprint density at radius 3 is 2.33 bits per heavy atom. The highest BCUT2D eigenvalue weighted by Crippen LogP contribution is 2.21. The van der Waals surface area contributed by atoms with Crippen molar-refractivity contribution in [1.29, 1.82) is 0 Å². The molecule has 18 heavy (non-hydrogen) atoms. The highest BCUT2D eigenvalue weighted by atomic mass is 15.2. The number of benzene rings is 1. The summed E-state index contributed by atoms with van der Waals surface area (Å²) in [5.41, 5.74) is 7.74. The number of aryl methyl sites for hydroxylation is 2. The third kappa shape index (κ3) is 2.72. The van der Waals surface area contributed by atoms with E-state index in [4.69, 9.17) is 5.84 Å². The molecule has 1 atom stereocenters. The Kier molecular flexibility index (Phi) is 4.02. The molecule has 1 heterocycles. The Morgan fingerprint density at radius 2 is 1.78 bits per heavy atom. The van der Waals surface area contributed by atoms with Crippen LogP contribution in [0.1, 0.15) is 28.3 Å². The van der Waals surface area contributed by atoms with E-state index in [1.807, 2.05) is 0 Å². The molecule has 1 aromatic heterocycles. The molecule has 4 nitrogen and oxygen atoms in total. The van der Waals surface area contributed by atoms with Crippen LogP contribution in [0.25, 0.3) is 0 Å². The fourth-order valence-corrected chi connectivity index (χ4v) is 2.14. The summed E-state index contributed by atoms with van der Waals surface area (Å²) in [5, 5.41) is 0. The summed E-state index contributed by atoms with van der Waals surface area (Å²) in [7, 11) is 0. The molecule has 1 unspecified atom stereocenters. The minimum atomic E-state index is 0.0333. The molecular weight excluding hydrogens is 224 g/mol. The Morgan fingerprint density at radius 1 is 1.17 bits per heavy atom. The van der Waals surface area contributed by atoms with Crippen LogP contribution in [0.15, 0.2) is 36.9 Å². The van der Waals surface area contributed by atoms with E-state index in [-0.39, 0.29) is 6.04 Å². The van der Waals surface area contributed by atoms with Crippen molar-refractivity contribution in [3.8, 4) is 0 Å². The number of aromatic nitrogens is 2. The van der Waals surface area contributed by atoms with Crippen LogP contribution in [0.3, 0.4) is 0 Å². The first-order chi connectivity index (χ1) is 8.72. The lowest BCUT2D eigenvalue weighted by molar-refractivity contribution is 0.546. The molecule has 0 saturated heterocycles. The number of hydrazine groups is 1. The van der Waals surface area contributed by atoms with Gasteiger partial charge in [-0.1, -0.05) is 18.2 Å². The fourth-order valence-electron chi connectivity index (χ4n) is 2.14. The Hall–Kier alpha value is -1.78. The van der Waals surface area contributed by atoms with Gasteiger partial charge in [-0.15, -0.1) is 0 Å². The first kappa shape index (κ1) is 12.7. The van der Waals surface area contributed by atoms with Crippen LogP contribution in [0.5, 0.6) is 0 Å². The largest absolute Gasteiger partial charge is 0.271 e. The number of hydrogen-bond acceptors (Lipinski definition) is 4.